The number of aliphatic hydroxyl groups is 4. The van der Waals surface area contributed by atoms with Crippen LogP contribution in [0.2, 0.25) is 0 Å². The van der Waals surface area contributed by atoms with Gasteiger partial charge in [-0.2, -0.15) is 0 Å². The second kappa shape index (κ2) is 3.14. The monoisotopic (exact) mass is 219 g/mol. The average Bonchev–Trinajstić information content (AvgIpc) is 2.54. The average molecular weight is 219 g/mol. The van der Waals surface area contributed by atoms with Crippen LogP contribution in [0.5, 0.6) is 0 Å². The normalized spacial score (nSPS) is 36.9. The maximum atomic E-state index is 9.50. The first-order valence-electron chi connectivity index (χ1n) is 3.96. The molecule has 2 heterocycles. The molecule has 4 N–H and O–H groups in total. The van der Waals surface area contributed by atoms with Crippen LogP contribution in [-0.4, -0.2) is 37.2 Å². The quantitative estimate of drug-likeness (QED) is 0.421. The summed E-state index contributed by atoms with van der Waals surface area (Å²) in [4.78, 5) is -0.0579. The number of aromatic nitrogens is 1. The van der Waals surface area contributed by atoms with Crippen molar-refractivity contribution in [2.24, 2.45) is 0 Å². The van der Waals surface area contributed by atoms with Gasteiger partial charge in [-0.25, -0.2) is 0 Å². The highest BCUT2D eigenvalue weighted by molar-refractivity contribution is 7.71. The van der Waals surface area contributed by atoms with Crippen LogP contribution < -0.4 is 0 Å². The Hall–Kier alpha value is -0.730. The van der Waals surface area contributed by atoms with Gasteiger partial charge in [-0.05, 0) is 12.2 Å². The highest BCUT2D eigenvalue weighted by atomic mass is 32.1. The van der Waals surface area contributed by atoms with Crippen LogP contribution in [0.1, 0.15) is 18.0 Å². The Morgan fingerprint density at radius 1 is 1.21 bits per heavy atom. The molecule has 4 atom stereocenters. The van der Waals surface area contributed by atoms with Crippen LogP contribution in [0, 0.1) is 4.84 Å². The molecule has 6 nitrogen and oxygen atoms in total. The van der Waals surface area contributed by atoms with Gasteiger partial charge in [0.15, 0.2) is 6.23 Å². The molecule has 0 saturated carbocycles. The number of fused-ring (bicyclic) bond motifs is 1. The van der Waals surface area contributed by atoms with Crippen LogP contribution in [0.25, 0.3) is 0 Å². The Balaban J connectivity index is 2.58. The summed E-state index contributed by atoms with van der Waals surface area (Å²) in [6.45, 7) is 0. The van der Waals surface area contributed by atoms with E-state index in [-0.39, 0.29) is 10.5 Å². The fraction of sp³-hybridized carbons (Fsp3) is 0.571. The Bertz CT molecular complexity index is 399. The second-order valence-electron chi connectivity index (χ2n) is 3.14. The zero-order valence-corrected chi connectivity index (χ0v) is 7.76. The molecule has 7 heteroatoms. The second-order valence-corrected chi connectivity index (χ2v) is 3.49. The fourth-order valence-electron chi connectivity index (χ4n) is 1.49. The molecule has 0 saturated heterocycles. The van der Waals surface area contributed by atoms with E-state index in [9.17, 15) is 20.4 Å². The van der Waals surface area contributed by atoms with Crippen molar-refractivity contribution in [1.82, 2.24) is 4.57 Å². The van der Waals surface area contributed by atoms with Crippen molar-refractivity contribution in [1.29, 1.82) is 0 Å². The van der Waals surface area contributed by atoms with Crippen molar-refractivity contribution in [2.45, 2.75) is 24.5 Å². The van der Waals surface area contributed by atoms with Crippen molar-refractivity contribution in [3.8, 4) is 0 Å². The van der Waals surface area contributed by atoms with E-state index in [4.69, 9.17) is 16.6 Å². The predicted molar refractivity (Wildman–Crippen MR) is 45.8 cm³/mol. The topological polar surface area (TPSA) is 99.0 Å². The molecule has 78 valence electrons. The van der Waals surface area contributed by atoms with Gasteiger partial charge >= 0.3 is 0 Å². The van der Waals surface area contributed by atoms with Gasteiger partial charge in [0.1, 0.15) is 24.6 Å². The first kappa shape index (κ1) is 9.81. The number of rotatable bonds is 0. The van der Waals surface area contributed by atoms with Gasteiger partial charge in [0.25, 0.3) is 4.84 Å². The molecule has 1 aliphatic rings. The first-order valence-corrected chi connectivity index (χ1v) is 4.37. The highest BCUT2D eigenvalue weighted by Crippen LogP contribution is 2.32. The van der Waals surface area contributed by atoms with Gasteiger partial charge in [0, 0.05) is 0 Å². The molecule has 1 aromatic rings. The van der Waals surface area contributed by atoms with E-state index >= 15 is 0 Å². The van der Waals surface area contributed by atoms with Gasteiger partial charge < -0.3 is 24.8 Å². The van der Waals surface area contributed by atoms with E-state index in [1.165, 1.54) is 0 Å². The molecule has 1 unspecified atom stereocenters. The lowest BCUT2D eigenvalue weighted by atomic mass is 10.00. The minimum absolute atomic E-state index is 0.0579. The summed E-state index contributed by atoms with van der Waals surface area (Å²) >= 11 is 4.73. The van der Waals surface area contributed by atoms with E-state index in [1.54, 1.807) is 0 Å². The van der Waals surface area contributed by atoms with Crippen molar-refractivity contribution in [3.63, 3.8) is 0 Å². The van der Waals surface area contributed by atoms with Crippen LogP contribution in [0.3, 0.4) is 0 Å². The maximum Gasteiger partial charge on any atom is 0.271 e. The van der Waals surface area contributed by atoms with Gasteiger partial charge in [0.2, 0.25) is 0 Å². The Morgan fingerprint density at radius 2 is 1.86 bits per heavy atom. The zero-order valence-electron chi connectivity index (χ0n) is 6.94. The summed E-state index contributed by atoms with van der Waals surface area (Å²) in [5.41, 5.74) is 0.153. The van der Waals surface area contributed by atoms with Gasteiger partial charge in [-0.1, -0.05) is 0 Å². The van der Waals surface area contributed by atoms with Crippen molar-refractivity contribution >= 4 is 12.2 Å². The van der Waals surface area contributed by atoms with Crippen LogP contribution in [0.15, 0.2) is 10.7 Å². The molecular formula is C7H9NO5S. The number of hydrogen-bond acceptors (Lipinski definition) is 6. The summed E-state index contributed by atoms with van der Waals surface area (Å²) < 4.78 is 5.86. The van der Waals surface area contributed by atoms with Crippen molar-refractivity contribution < 1.29 is 24.8 Å². The van der Waals surface area contributed by atoms with E-state index < -0.39 is 24.5 Å². The molecular weight excluding hydrogens is 210 g/mol. The minimum Gasteiger partial charge on any atom is -0.437 e. The molecule has 1 aliphatic heterocycles. The van der Waals surface area contributed by atoms with Crippen LogP contribution in [-0.2, 0) is 0 Å². The molecule has 1 aromatic heterocycles. The summed E-state index contributed by atoms with van der Waals surface area (Å²) in [5, 5.41) is 37.6. The third-order valence-corrected chi connectivity index (χ3v) is 2.59. The van der Waals surface area contributed by atoms with E-state index in [0.29, 0.717) is 0 Å². The lowest BCUT2D eigenvalue weighted by Crippen LogP contribution is -2.44. The molecule has 0 radical (unpaired) electrons. The number of oxazole rings is 1. The summed E-state index contributed by atoms with van der Waals surface area (Å²) in [6, 6.07) is 0. The van der Waals surface area contributed by atoms with E-state index in [2.05, 4.69) is 0 Å². The molecule has 0 aromatic carbocycles. The zero-order chi connectivity index (χ0) is 10.5. The van der Waals surface area contributed by atoms with Gasteiger partial charge in [-0.3, -0.25) is 4.57 Å². The van der Waals surface area contributed by atoms with Gasteiger partial charge in [0.05, 0.1) is 5.69 Å². The third-order valence-electron chi connectivity index (χ3n) is 2.30. The highest BCUT2D eigenvalue weighted by Gasteiger charge is 2.40. The number of hydrogen-bond donors (Lipinski definition) is 4. The smallest absolute Gasteiger partial charge is 0.271 e. The lowest BCUT2D eigenvalue weighted by Gasteiger charge is -2.33. The molecule has 0 bridgehead atoms. The lowest BCUT2D eigenvalue weighted by molar-refractivity contribution is -0.151. The first-order chi connectivity index (χ1) is 6.54. The van der Waals surface area contributed by atoms with Crippen LogP contribution >= 0.6 is 12.2 Å². The van der Waals surface area contributed by atoms with E-state index in [1.807, 2.05) is 0 Å². The Kier molecular flexibility index (Phi) is 2.20. The summed E-state index contributed by atoms with van der Waals surface area (Å²) in [6.07, 6.45) is -4.49. The third kappa shape index (κ3) is 1.14. The van der Waals surface area contributed by atoms with Crippen molar-refractivity contribution in [3.05, 3.63) is 16.8 Å². The number of nitrogens with zero attached hydrogens (tertiary/aromatic N) is 1. The fourth-order valence-corrected chi connectivity index (χ4v) is 1.76. The summed E-state index contributed by atoms with van der Waals surface area (Å²) in [5.74, 6) is 0. The van der Waals surface area contributed by atoms with Crippen molar-refractivity contribution in [2.75, 3.05) is 0 Å². The molecule has 0 aliphatic carbocycles. The van der Waals surface area contributed by atoms with Gasteiger partial charge in [-0.15, -0.1) is 0 Å². The standard InChI is InChI=1S/C7H9NO5S/c9-3-2-1-13-7(14)8(2)6(12)5(11)4(3)10/h1,3-6,9-12H/t3-,4-,5-,6?/m1/s1. The SMILES string of the molecule is OC1[C@H](O)[C@H](O)[C@H](O)c2coc(=S)n21. The Morgan fingerprint density at radius 3 is 2.50 bits per heavy atom. The molecule has 0 fully saturated rings. The number of aliphatic hydroxyl groups excluding tert-OH is 4. The molecule has 0 spiro atoms. The maximum absolute atomic E-state index is 9.50. The molecule has 14 heavy (non-hydrogen) atoms. The Labute approximate surface area is 83.6 Å². The largest absolute Gasteiger partial charge is 0.437 e. The molecule has 0 amide bonds. The minimum atomic E-state index is -1.48. The predicted octanol–water partition coefficient (Wildman–Crippen LogP) is -0.930. The summed E-state index contributed by atoms with van der Waals surface area (Å²) in [7, 11) is 0. The molecule has 2 rings (SSSR count). The van der Waals surface area contributed by atoms with Crippen LogP contribution in [0.4, 0.5) is 0 Å². The van der Waals surface area contributed by atoms with E-state index in [0.717, 1.165) is 10.8 Å².